The van der Waals surface area contributed by atoms with Crippen molar-refractivity contribution in [3.05, 3.63) is 29.8 Å². The van der Waals surface area contributed by atoms with Crippen molar-refractivity contribution in [3.8, 4) is 5.75 Å². The lowest BCUT2D eigenvalue weighted by atomic mass is 10.2. The number of likely N-dealkylation sites (N-methyl/N-ethyl adjacent to an activating group) is 1. The Labute approximate surface area is 101 Å². The fourth-order valence-electron chi connectivity index (χ4n) is 1.81. The molecule has 0 aromatic heterocycles. The lowest BCUT2D eigenvalue weighted by Crippen LogP contribution is -2.43. The average Bonchev–Trinajstić information content (AvgIpc) is 3.08. The number of ether oxygens (including phenoxy) is 1. The molecule has 0 heterocycles. The molecule has 4 nitrogen and oxygen atoms in total. The largest absolute Gasteiger partial charge is 0.497 e. The van der Waals surface area contributed by atoms with Gasteiger partial charge in [0.15, 0.2) is 0 Å². The SMILES string of the molecule is COc1ccc(CN(C)C(=O)C2(N)CC2)cc1. The number of carbonyl (C=O) groups is 1. The number of nitrogens with two attached hydrogens (primary N) is 1. The number of hydrogen-bond acceptors (Lipinski definition) is 3. The Morgan fingerprint density at radius 1 is 1.41 bits per heavy atom. The maximum atomic E-state index is 11.9. The van der Waals surface area contributed by atoms with Crippen molar-refractivity contribution in [2.24, 2.45) is 5.73 Å². The van der Waals surface area contributed by atoms with Crippen molar-refractivity contribution in [3.63, 3.8) is 0 Å². The van der Waals surface area contributed by atoms with Crippen LogP contribution in [0.15, 0.2) is 24.3 Å². The van der Waals surface area contributed by atoms with Gasteiger partial charge in [0.1, 0.15) is 5.75 Å². The summed E-state index contributed by atoms with van der Waals surface area (Å²) >= 11 is 0. The zero-order chi connectivity index (χ0) is 12.5. The van der Waals surface area contributed by atoms with E-state index in [4.69, 9.17) is 10.5 Å². The molecule has 1 aromatic carbocycles. The molecule has 4 heteroatoms. The van der Waals surface area contributed by atoms with E-state index in [0.29, 0.717) is 6.54 Å². The van der Waals surface area contributed by atoms with Crippen LogP contribution in [0.4, 0.5) is 0 Å². The molecule has 0 radical (unpaired) electrons. The Balaban J connectivity index is 1.97. The molecule has 1 saturated carbocycles. The number of benzene rings is 1. The molecule has 92 valence electrons. The van der Waals surface area contributed by atoms with Crippen LogP contribution in [0.25, 0.3) is 0 Å². The van der Waals surface area contributed by atoms with E-state index in [2.05, 4.69) is 0 Å². The highest BCUT2D eigenvalue weighted by molar-refractivity contribution is 5.88. The second-order valence-corrected chi connectivity index (χ2v) is 4.67. The Morgan fingerprint density at radius 2 is 2.00 bits per heavy atom. The summed E-state index contributed by atoms with van der Waals surface area (Å²) in [5.74, 6) is 0.855. The molecule has 2 N–H and O–H groups in total. The summed E-state index contributed by atoms with van der Waals surface area (Å²) in [5, 5.41) is 0. The minimum atomic E-state index is -0.582. The smallest absolute Gasteiger partial charge is 0.242 e. The van der Waals surface area contributed by atoms with E-state index >= 15 is 0 Å². The number of rotatable bonds is 4. The van der Waals surface area contributed by atoms with E-state index in [0.717, 1.165) is 24.2 Å². The number of nitrogens with zero attached hydrogens (tertiary/aromatic N) is 1. The monoisotopic (exact) mass is 234 g/mol. The highest BCUT2D eigenvalue weighted by atomic mass is 16.5. The molecule has 1 fully saturated rings. The van der Waals surface area contributed by atoms with Gasteiger partial charge in [-0.05, 0) is 30.5 Å². The van der Waals surface area contributed by atoms with Gasteiger partial charge in [-0.2, -0.15) is 0 Å². The fourth-order valence-corrected chi connectivity index (χ4v) is 1.81. The predicted molar refractivity (Wildman–Crippen MR) is 65.6 cm³/mol. The van der Waals surface area contributed by atoms with Gasteiger partial charge >= 0.3 is 0 Å². The second kappa shape index (κ2) is 4.37. The van der Waals surface area contributed by atoms with E-state index in [1.54, 1.807) is 19.1 Å². The topological polar surface area (TPSA) is 55.6 Å². The maximum absolute atomic E-state index is 11.9. The average molecular weight is 234 g/mol. The normalized spacial score (nSPS) is 16.4. The first kappa shape index (κ1) is 11.9. The van der Waals surface area contributed by atoms with Crippen LogP contribution in [0.1, 0.15) is 18.4 Å². The quantitative estimate of drug-likeness (QED) is 0.850. The third-order valence-corrected chi connectivity index (χ3v) is 3.14. The Kier molecular flexibility index (Phi) is 3.07. The van der Waals surface area contributed by atoms with Crippen LogP contribution < -0.4 is 10.5 Å². The summed E-state index contributed by atoms with van der Waals surface area (Å²) in [6, 6.07) is 7.70. The van der Waals surface area contributed by atoms with Crippen molar-refractivity contribution in [1.29, 1.82) is 0 Å². The molecule has 1 aliphatic rings. The van der Waals surface area contributed by atoms with E-state index in [-0.39, 0.29) is 5.91 Å². The summed E-state index contributed by atoms with van der Waals surface area (Å²) < 4.78 is 5.09. The summed E-state index contributed by atoms with van der Waals surface area (Å²) in [6.45, 7) is 0.585. The summed E-state index contributed by atoms with van der Waals surface area (Å²) in [6.07, 6.45) is 1.61. The highest BCUT2D eigenvalue weighted by Gasteiger charge is 2.47. The van der Waals surface area contributed by atoms with Gasteiger partial charge in [0.2, 0.25) is 5.91 Å². The molecule has 0 aliphatic heterocycles. The van der Waals surface area contributed by atoms with Crippen LogP contribution in [0, 0.1) is 0 Å². The Bertz CT molecular complexity index is 410. The number of hydrogen-bond donors (Lipinski definition) is 1. The lowest BCUT2D eigenvalue weighted by Gasteiger charge is -2.21. The second-order valence-electron chi connectivity index (χ2n) is 4.67. The van der Waals surface area contributed by atoms with Crippen molar-refractivity contribution >= 4 is 5.91 Å². The Morgan fingerprint density at radius 3 is 2.47 bits per heavy atom. The van der Waals surface area contributed by atoms with Crippen LogP contribution in [0.3, 0.4) is 0 Å². The van der Waals surface area contributed by atoms with Gasteiger partial charge in [-0.25, -0.2) is 0 Å². The number of methoxy groups -OCH3 is 1. The van der Waals surface area contributed by atoms with Crippen molar-refractivity contribution in [2.75, 3.05) is 14.2 Å². The zero-order valence-corrected chi connectivity index (χ0v) is 10.3. The van der Waals surface area contributed by atoms with Crippen molar-refractivity contribution in [1.82, 2.24) is 4.90 Å². The Hall–Kier alpha value is -1.55. The van der Waals surface area contributed by atoms with Gasteiger partial charge in [0, 0.05) is 13.6 Å². The molecule has 0 bridgehead atoms. The molecular weight excluding hydrogens is 216 g/mol. The first-order valence-corrected chi connectivity index (χ1v) is 5.72. The number of carbonyl (C=O) groups excluding carboxylic acids is 1. The first-order chi connectivity index (χ1) is 8.05. The van der Waals surface area contributed by atoms with Gasteiger partial charge < -0.3 is 15.4 Å². The molecule has 1 aliphatic carbocycles. The molecule has 0 atom stereocenters. The van der Waals surface area contributed by atoms with Crippen molar-refractivity contribution in [2.45, 2.75) is 24.9 Å². The van der Waals surface area contributed by atoms with E-state index in [1.165, 1.54) is 0 Å². The van der Waals surface area contributed by atoms with Gasteiger partial charge in [-0.15, -0.1) is 0 Å². The van der Waals surface area contributed by atoms with E-state index < -0.39 is 5.54 Å². The summed E-state index contributed by atoms with van der Waals surface area (Å²) in [4.78, 5) is 13.6. The van der Waals surface area contributed by atoms with Crippen LogP contribution in [0.5, 0.6) is 5.75 Å². The highest BCUT2D eigenvalue weighted by Crippen LogP contribution is 2.34. The molecule has 0 saturated heterocycles. The van der Waals surface area contributed by atoms with Gasteiger partial charge in [-0.1, -0.05) is 12.1 Å². The molecule has 1 aromatic rings. The molecular formula is C13H18N2O2. The predicted octanol–water partition coefficient (Wildman–Crippen LogP) is 1.14. The lowest BCUT2D eigenvalue weighted by molar-refractivity contribution is -0.132. The minimum absolute atomic E-state index is 0.0355. The zero-order valence-electron chi connectivity index (χ0n) is 10.3. The third-order valence-electron chi connectivity index (χ3n) is 3.14. The van der Waals surface area contributed by atoms with Crippen LogP contribution in [0.2, 0.25) is 0 Å². The van der Waals surface area contributed by atoms with Crippen LogP contribution in [-0.2, 0) is 11.3 Å². The molecule has 17 heavy (non-hydrogen) atoms. The van der Waals surface area contributed by atoms with Gasteiger partial charge in [0.05, 0.1) is 12.6 Å². The van der Waals surface area contributed by atoms with E-state index in [1.807, 2.05) is 24.3 Å². The summed E-state index contributed by atoms with van der Waals surface area (Å²) in [5.41, 5.74) is 6.37. The molecule has 0 spiro atoms. The molecule has 0 unspecified atom stereocenters. The molecule has 1 amide bonds. The van der Waals surface area contributed by atoms with Crippen molar-refractivity contribution < 1.29 is 9.53 Å². The maximum Gasteiger partial charge on any atom is 0.242 e. The van der Waals surface area contributed by atoms with Gasteiger partial charge in [0.25, 0.3) is 0 Å². The standard InChI is InChI=1S/C13H18N2O2/c1-15(12(16)13(14)7-8-13)9-10-3-5-11(17-2)6-4-10/h3-6H,7-9,14H2,1-2H3. The minimum Gasteiger partial charge on any atom is -0.497 e. The van der Waals surface area contributed by atoms with Crippen LogP contribution >= 0.6 is 0 Å². The molecule has 2 rings (SSSR count). The third kappa shape index (κ3) is 2.58. The summed E-state index contributed by atoms with van der Waals surface area (Å²) in [7, 11) is 3.43. The number of amides is 1. The fraction of sp³-hybridized carbons (Fsp3) is 0.462. The van der Waals surface area contributed by atoms with Gasteiger partial charge in [-0.3, -0.25) is 4.79 Å². The first-order valence-electron chi connectivity index (χ1n) is 5.72. The van der Waals surface area contributed by atoms with E-state index in [9.17, 15) is 4.79 Å². The van der Waals surface area contributed by atoms with Crippen LogP contribution in [-0.4, -0.2) is 30.5 Å².